The van der Waals surface area contributed by atoms with E-state index in [2.05, 4.69) is 10.5 Å². The Kier molecular flexibility index (Phi) is 5.72. The molecule has 4 aromatic rings. The summed E-state index contributed by atoms with van der Waals surface area (Å²) in [6, 6.07) is 20.6. The second kappa shape index (κ2) is 8.98. The third-order valence-corrected chi connectivity index (χ3v) is 6.07. The number of carbonyl (C=O) groups excluding carboxylic acids is 2. The summed E-state index contributed by atoms with van der Waals surface area (Å²) in [7, 11) is 0. The van der Waals surface area contributed by atoms with Crippen LogP contribution in [0, 0.1) is 13.8 Å². The molecule has 170 valence electrons. The maximum atomic E-state index is 12.9. The van der Waals surface area contributed by atoms with Gasteiger partial charge in [0.15, 0.2) is 0 Å². The van der Waals surface area contributed by atoms with E-state index >= 15 is 0 Å². The molecule has 0 unspecified atom stereocenters. The van der Waals surface area contributed by atoms with Gasteiger partial charge in [-0.15, -0.1) is 0 Å². The van der Waals surface area contributed by atoms with Gasteiger partial charge >= 0.3 is 5.97 Å². The van der Waals surface area contributed by atoms with Crippen LogP contribution < -0.4 is 10.2 Å². The van der Waals surface area contributed by atoms with Gasteiger partial charge in [-0.1, -0.05) is 54.1 Å². The van der Waals surface area contributed by atoms with Gasteiger partial charge in [0.05, 0.1) is 5.71 Å². The number of rotatable bonds is 4. The van der Waals surface area contributed by atoms with Crippen molar-refractivity contribution in [2.75, 3.05) is 0 Å². The van der Waals surface area contributed by atoms with Crippen LogP contribution in [-0.4, -0.2) is 17.6 Å². The molecule has 0 saturated carbocycles. The molecule has 0 aliphatic heterocycles. The van der Waals surface area contributed by atoms with E-state index in [1.165, 1.54) is 0 Å². The maximum absolute atomic E-state index is 12.9. The van der Waals surface area contributed by atoms with E-state index in [0.717, 1.165) is 28.3 Å². The number of hydrogen-bond donors (Lipinski definition) is 1. The highest BCUT2D eigenvalue weighted by atomic mass is 16.5. The van der Waals surface area contributed by atoms with Crippen molar-refractivity contribution in [1.29, 1.82) is 0 Å². The van der Waals surface area contributed by atoms with E-state index in [9.17, 15) is 9.59 Å². The van der Waals surface area contributed by atoms with Crippen LogP contribution >= 0.6 is 0 Å². The number of esters is 1. The molecule has 0 atom stereocenters. The highest BCUT2D eigenvalue weighted by Gasteiger charge is 2.29. The van der Waals surface area contributed by atoms with E-state index in [1.54, 1.807) is 18.2 Å². The average Bonchev–Trinajstić information content (AvgIpc) is 3.20. The zero-order valence-corrected chi connectivity index (χ0v) is 19.1. The molecular weight excluding hydrogens is 428 g/mol. The quantitative estimate of drug-likeness (QED) is 0.243. The number of hydrazone groups is 1. The molecule has 1 N–H and O–H groups in total. The van der Waals surface area contributed by atoms with Crippen LogP contribution in [0.3, 0.4) is 0 Å². The summed E-state index contributed by atoms with van der Waals surface area (Å²) in [5.74, 6) is 0.491. The van der Waals surface area contributed by atoms with Gasteiger partial charge < -0.3 is 9.15 Å². The van der Waals surface area contributed by atoms with Crippen molar-refractivity contribution >= 4 is 28.4 Å². The smallest absolute Gasteiger partial charge is 0.379 e. The predicted octanol–water partition coefficient (Wildman–Crippen LogP) is 5.74. The molecule has 1 heterocycles. The third-order valence-electron chi connectivity index (χ3n) is 6.07. The third kappa shape index (κ3) is 4.10. The zero-order valence-electron chi connectivity index (χ0n) is 19.1. The van der Waals surface area contributed by atoms with Crippen molar-refractivity contribution in [2.45, 2.75) is 33.1 Å². The van der Waals surface area contributed by atoms with Crippen molar-refractivity contribution in [2.24, 2.45) is 5.10 Å². The highest BCUT2D eigenvalue weighted by Crippen LogP contribution is 2.30. The number of hydrogen-bond acceptors (Lipinski definition) is 5. The summed E-state index contributed by atoms with van der Waals surface area (Å²) in [6.45, 7) is 3.79. The van der Waals surface area contributed by atoms with Gasteiger partial charge in [0.2, 0.25) is 5.76 Å². The number of ether oxygens (including phenoxy) is 1. The first kappa shape index (κ1) is 21.6. The standard InChI is InChI=1S/C28H24N2O4/c1-17-13-15-20(16-14-17)33-28(32)26-18(2)25-23(11-6-12-24(25)34-26)29-30-27(31)22-10-5-8-19-7-3-4-9-21(19)22/h3-5,7-10,13-16H,6,11-12H2,1-2H3,(H,30,31)/b29-23+. The number of carbonyl (C=O) groups is 2. The first-order valence-corrected chi connectivity index (χ1v) is 11.3. The van der Waals surface area contributed by atoms with Crippen LogP contribution in [0.2, 0.25) is 0 Å². The molecule has 5 rings (SSSR count). The first-order valence-electron chi connectivity index (χ1n) is 11.3. The number of fused-ring (bicyclic) bond motifs is 2. The van der Waals surface area contributed by atoms with Crippen molar-refractivity contribution in [3.63, 3.8) is 0 Å². The van der Waals surface area contributed by atoms with Gasteiger partial charge in [0, 0.05) is 23.1 Å². The molecule has 6 heteroatoms. The van der Waals surface area contributed by atoms with Gasteiger partial charge in [-0.2, -0.15) is 5.10 Å². The molecule has 0 spiro atoms. The van der Waals surface area contributed by atoms with Gasteiger partial charge in [-0.25, -0.2) is 10.2 Å². The Labute approximate surface area is 197 Å². The Balaban J connectivity index is 1.40. The lowest BCUT2D eigenvalue weighted by atomic mass is 9.93. The van der Waals surface area contributed by atoms with Crippen molar-refractivity contribution < 1.29 is 18.7 Å². The molecule has 6 nitrogen and oxygen atoms in total. The molecule has 1 amide bonds. The van der Waals surface area contributed by atoms with Crippen LogP contribution in [-0.2, 0) is 6.42 Å². The monoisotopic (exact) mass is 452 g/mol. The summed E-state index contributed by atoms with van der Waals surface area (Å²) >= 11 is 0. The molecule has 1 aliphatic carbocycles. The normalized spacial score (nSPS) is 14.1. The SMILES string of the molecule is Cc1ccc(OC(=O)c2oc3c(c2C)/C(=N/NC(=O)c2cccc4ccccc24)CCC3)cc1. The fourth-order valence-electron chi connectivity index (χ4n) is 4.34. The van der Waals surface area contributed by atoms with E-state index in [0.29, 0.717) is 41.2 Å². The van der Waals surface area contributed by atoms with Crippen molar-refractivity contribution in [1.82, 2.24) is 5.43 Å². The fourth-order valence-corrected chi connectivity index (χ4v) is 4.34. The average molecular weight is 453 g/mol. The number of nitrogens with one attached hydrogen (secondary N) is 1. The summed E-state index contributed by atoms with van der Waals surface area (Å²) in [4.78, 5) is 25.7. The van der Waals surface area contributed by atoms with E-state index in [1.807, 2.05) is 62.4 Å². The zero-order chi connectivity index (χ0) is 23.7. The Morgan fingerprint density at radius 2 is 1.71 bits per heavy atom. The van der Waals surface area contributed by atoms with E-state index in [-0.39, 0.29) is 11.7 Å². The minimum Gasteiger partial charge on any atom is -0.453 e. The summed E-state index contributed by atoms with van der Waals surface area (Å²) in [6.07, 6.45) is 2.19. The van der Waals surface area contributed by atoms with Crippen molar-refractivity contribution in [3.05, 3.63) is 101 Å². The highest BCUT2D eigenvalue weighted by molar-refractivity contribution is 6.09. The molecule has 0 radical (unpaired) electrons. The molecule has 34 heavy (non-hydrogen) atoms. The number of amides is 1. The lowest BCUT2D eigenvalue weighted by molar-refractivity contribution is 0.0698. The summed E-state index contributed by atoms with van der Waals surface area (Å²) < 4.78 is 11.4. The van der Waals surface area contributed by atoms with Crippen LogP contribution in [0.1, 0.15) is 56.2 Å². The van der Waals surface area contributed by atoms with Gasteiger partial charge in [0.25, 0.3) is 5.91 Å². The number of aryl methyl sites for hydroxylation is 2. The van der Waals surface area contributed by atoms with Crippen LogP contribution in [0.5, 0.6) is 5.75 Å². The number of benzene rings is 3. The fraction of sp³-hybridized carbons (Fsp3) is 0.179. The Morgan fingerprint density at radius 1 is 0.941 bits per heavy atom. The van der Waals surface area contributed by atoms with Gasteiger partial charge in [-0.3, -0.25) is 4.79 Å². The molecule has 3 aromatic carbocycles. The summed E-state index contributed by atoms with van der Waals surface area (Å²) in [5, 5.41) is 6.30. The molecule has 0 bridgehead atoms. The Bertz CT molecular complexity index is 1430. The lowest BCUT2D eigenvalue weighted by Gasteiger charge is -2.13. The molecule has 1 aromatic heterocycles. The largest absolute Gasteiger partial charge is 0.453 e. The van der Waals surface area contributed by atoms with E-state index < -0.39 is 5.97 Å². The van der Waals surface area contributed by atoms with Gasteiger partial charge in [-0.05, 0) is 55.7 Å². The van der Waals surface area contributed by atoms with Gasteiger partial charge in [0.1, 0.15) is 11.5 Å². The molecule has 0 saturated heterocycles. The maximum Gasteiger partial charge on any atom is 0.379 e. The number of furan rings is 1. The molecule has 1 aliphatic rings. The molecule has 0 fully saturated rings. The Morgan fingerprint density at radius 3 is 2.53 bits per heavy atom. The number of nitrogens with zero attached hydrogens (tertiary/aromatic N) is 1. The second-order valence-electron chi connectivity index (χ2n) is 8.44. The Hall–Kier alpha value is -4.19. The minimum absolute atomic E-state index is 0.167. The van der Waals surface area contributed by atoms with Crippen LogP contribution in [0.4, 0.5) is 0 Å². The summed E-state index contributed by atoms with van der Waals surface area (Å²) in [5.41, 5.74) is 6.49. The van der Waals surface area contributed by atoms with Crippen LogP contribution in [0.25, 0.3) is 10.8 Å². The van der Waals surface area contributed by atoms with Crippen molar-refractivity contribution in [3.8, 4) is 5.75 Å². The lowest BCUT2D eigenvalue weighted by Crippen LogP contribution is -2.22. The topological polar surface area (TPSA) is 80.9 Å². The first-order chi connectivity index (χ1) is 16.5. The van der Waals surface area contributed by atoms with Crippen LogP contribution in [0.15, 0.2) is 76.2 Å². The minimum atomic E-state index is -0.546. The van der Waals surface area contributed by atoms with E-state index in [4.69, 9.17) is 9.15 Å². The second-order valence-corrected chi connectivity index (χ2v) is 8.44. The predicted molar refractivity (Wildman–Crippen MR) is 130 cm³/mol. The molecular formula is C28H24N2O4.